The molecule has 0 aliphatic rings. The predicted molar refractivity (Wildman–Crippen MR) is 130 cm³/mol. The van der Waals surface area contributed by atoms with E-state index in [0.29, 0.717) is 18.7 Å². The van der Waals surface area contributed by atoms with Gasteiger partial charge in [0.2, 0.25) is 0 Å². The van der Waals surface area contributed by atoms with Crippen molar-refractivity contribution in [2.45, 2.75) is 20.0 Å². The fourth-order valence-corrected chi connectivity index (χ4v) is 4.09. The second-order valence-corrected chi connectivity index (χ2v) is 8.29. The van der Waals surface area contributed by atoms with Crippen molar-refractivity contribution in [3.63, 3.8) is 0 Å². The standard InChI is InChI=1S/C27H25N5O/c1-20-10-9-15-31-25(33)16-23(28-27(20)31)19-30(2)17-22-18-32(24-13-7-4-8-14-24)29-26(22)21-11-5-3-6-12-21/h3-16,18H,17,19H2,1-2H3. The molecule has 5 rings (SSSR count). The number of benzene rings is 2. The number of aryl methyl sites for hydroxylation is 1. The Bertz CT molecular complexity index is 1450. The lowest BCUT2D eigenvalue weighted by Crippen LogP contribution is -2.22. The van der Waals surface area contributed by atoms with Crippen LogP contribution in [0.4, 0.5) is 0 Å². The van der Waals surface area contributed by atoms with Crippen LogP contribution >= 0.6 is 0 Å². The van der Waals surface area contributed by atoms with Gasteiger partial charge in [0, 0.05) is 42.7 Å². The molecule has 0 saturated heterocycles. The summed E-state index contributed by atoms with van der Waals surface area (Å²) in [7, 11) is 2.04. The van der Waals surface area contributed by atoms with Gasteiger partial charge in [-0.25, -0.2) is 9.67 Å². The number of hydrogen-bond donors (Lipinski definition) is 0. The largest absolute Gasteiger partial charge is 0.296 e. The van der Waals surface area contributed by atoms with Gasteiger partial charge in [-0.15, -0.1) is 0 Å². The van der Waals surface area contributed by atoms with Crippen LogP contribution in [0.25, 0.3) is 22.6 Å². The maximum atomic E-state index is 12.6. The Morgan fingerprint density at radius 2 is 1.64 bits per heavy atom. The molecule has 5 aromatic rings. The van der Waals surface area contributed by atoms with E-state index in [1.165, 1.54) is 0 Å². The van der Waals surface area contributed by atoms with Gasteiger partial charge in [-0.05, 0) is 37.7 Å². The maximum Gasteiger partial charge on any atom is 0.258 e. The molecule has 0 aliphatic carbocycles. The third kappa shape index (κ3) is 4.33. The molecular weight excluding hydrogens is 410 g/mol. The highest BCUT2D eigenvalue weighted by atomic mass is 16.1. The molecule has 0 fully saturated rings. The van der Waals surface area contributed by atoms with E-state index < -0.39 is 0 Å². The van der Waals surface area contributed by atoms with Crippen LogP contribution in [-0.2, 0) is 13.1 Å². The van der Waals surface area contributed by atoms with Gasteiger partial charge in [0.05, 0.1) is 17.1 Å². The number of hydrogen-bond acceptors (Lipinski definition) is 4. The average molecular weight is 436 g/mol. The van der Waals surface area contributed by atoms with Crippen molar-refractivity contribution in [1.29, 1.82) is 0 Å². The zero-order chi connectivity index (χ0) is 22.8. The first-order chi connectivity index (χ1) is 16.1. The SMILES string of the molecule is Cc1cccn2c(=O)cc(CN(C)Cc3cn(-c4ccccc4)nc3-c3ccccc3)nc12. The zero-order valence-electron chi connectivity index (χ0n) is 18.7. The van der Waals surface area contributed by atoms with Gasteiger partial charge in [0.15, 0.2) is 0 Å². The summed E-state index contributed by atoms with van der Waals surface area (Å²) in [6.45, 7) is 3.20. The number of aromatic nitrogens is 4. The molecule has 0 spiro atoms. The van der Waals surface area contributed by atoms with Crippen LogP contribution in [0, 0.1) is 6.92 Å². The summed E-state index contributed by atoms with van der Waals surface area (Å²) >= 11 is 0. The van der Waals surface area contributed by atoms with Crippen molar-refractivity contribution >= 4 is 5.65 Å². The van der Waals surface area contributed by atoms with Crippen LogP contribution in [0.2, 0.25) is 0 Å². The summed E-state index contributed by atoms with van der Waals surface area (Å²) < 4.78 is 3.52. The monoisotopic (exact) mass is 435 g/mol. The predicted octanol–water partition coefficient (Wildman–Crippen LogP) is 4.49. The minimum atomic E-state index is -0.0611. The topological polar surface area (TPSA) is 55.4 Å². The fourth-order valence-electron chi connectivity index (χ4n) is 4.09. The summed E-state index contributed by atoms with van der Waals surface area (Å²) in [4.78, 5) is 19.5. The first kappa shape index (κ1) is 20.8. The van der Waals surface area contributed by atoms with Gasteiger partial charge in [0.1, 0.15) is 5.65 Å². The Morgan fingerprint density at radius 1 is 0.909 bits per heavy atom. The minimum absolute atomic E-state index is 0.0611. The molecule has 0 atom stereocenters. The van der Waals surface area contributed by atoms with Crippen molar-refractivity contribution in [3.05, 3.63) is 118 Å². The van der Waals surface area contributed by atoms with Gasteiger partial charge in [-0.1, -0.05) is 54.6 Å². The molecule has 2 aromatic carbocycles. The molecule has 6 nitrogen and oxygen atoms in total. The van der Waals surface area contributed by atoms with E-state index in [-0.39, 0.29) is 5.56 Å². The second-order valence-electron chi connectivity index (χ2n) is 8.29. The fraction of sp³-hybridized carbons (Fsp3) is 0.148. The highest BCUT2D eigenvalue weighted by Gasteiger charge is 2.15. The normalized spacial score (nSPS) is 11.4. The van der Waals surface area contributed by atoms with E-state index in [9.17, 15) is 4.79 Å². The molecule has 0 radical (unpaired) electrons. The van der Waals surface area contributed by atoms with Gasteiger partial charge < -0.3 is 0 Å². The van der Waals surface area contributed by atoms with E-state index in [1.54, 1.807) is 16.7 Å². The second kappa shape index (κ2) is 8.84. The summed E-state index contributed by atoms with van der Waals surface area (Å²) in [6, 6.07) is 25.8. The van der Waals surface area contributed by atoms with E-state index in [4.69, 9.17) is 10.1 Å². The minimum Gasteiger partial charge on any atom is -0.296 e. The van der Waals surface area contributed by atoms with E-state index in [0.717, 1.165) is 33.8 Å². The average Bonchev–Trinajstić information content (AvgIpc) is 3.24. The molecular formula is C27H25N5O. The summed E-state index contributed by atoms with van der Waals surface area (Å²) in [5.74, 6) is 0. The molecule has 3 heterocycles. The molecule has 0 unspecified atom stereocenters. The molecule has 0 saturated carbocycles. The van der Waals surface area contributed by atoms with Crippen molar-refractivity contribution in [1.82, 2.24) is 24.1 Å². The van der Waals surface area contributed by atoms with E-state index in [1.807, 2.05) is 79.3 Å². The molecule has 164 valence electrons. The lowest BCUT2D eigenvalue weighted by atomic mass is 10.1. The smallest absolute Gasteiger partial charge is 0.258 e. The molecule has 0 N–H and O–H groups in total. The summed E-state index contributed by atoms with van der Waals surface area (Å²) in [5, 5.41) is 4.90. The van der Waals surface area contributed by atoms with Gasteiger partial charge in [0.25, 0.3) is 5.56 Å². The van der Waals surface area contributed by atoms with Crippen molar-refractivity contribution in [2.75, 3.05) is 7.05 Å². The van der Waals surface area contributed by atoms with Gasteiger partial charge >= 0.3 is 0 Å². The number of fused-ring (bicyclic) bond motifs is 1. The van der Waals surface area contributed by atoms with Crippen LogP contribution in [0.5, 0.6) is 0 Å². The van der Waals surface area contributed by atoms with Crippen LogP contribution in [0.15, 0.2) is 96.1 Å². The number of rotatable bonds is 6. The highest BCUT2D eigenvalue weighted by Crippen LogP contribution is 2.25. The number of pyridine rings is 1. The van der Waals surface area contributed by atoms with Crippen LogP contribution in [-0.4, -0.2) is 31.1 Å². The van der Waals surface area contributed by atoms with Crippen LogP contribution in [0.3, 0.4) is 0 Å². The molecule has 0 bridgehead atoms. The molecule has 0 amide bonds. The van der Waals surface area contributed by atoms with Crippen LogP contribution < -0.4 is 5.56 Å². The Morgan fingerprint density at radius 3 is 2.39 bits per heavy atom. The van der Waals surface area contributed by atoms with Crippen molar-refractivity contribution in [2.24, 2.45) is 0 Å². The first-order valence-electron chi connectivity index (χ1n) is 10.9. The molecule has 0 aliphatic heterocycles. The number of para-hydroxylation sites is 1. The Labute approximate surface area is 192 Å². The molecule has 6 heteroatoms. The molecule has 3 aromatic heterocycles. The van der Waals surface area contributed by atoms with E-state index in [2.05, 4.69) is 23.2 Å². The Hall–Kier alpha value is -4.03. The quantitative estimate of drug-likeness (QED) is 0.394. The zero-order valence-corrected chi connectivity index (χ0v) is 18.7. The lowest BCUT2D eigenvalue weighted by Gasteiger charge is -2.16. The lowest BCUT2D eigenvalue weighted by molar-refractivity contribution is 0.315. The first-order valence-corrected chi connectivity index (χ1v) is 10.9. The maximum absolute atomic E-state index is 12.6. The highest BCUT2D eigenvalue weighted by molar-refractivity contribution is 5.63. The van der Waals surface area contributed by atoms with Crippen LogP contribution in [0.1, 0.15) is 16.8 Å². The Kier molecular flexibility index (Phi) is 5.59. The number of nitrogens with zero attached hydrogens (tertiary/aromatic N) is 5. The van der Waals surface area contributed by atoms with Gasteiger partial charge in [-0.2, -0.15) is 5.10 Å². The van der Waals surface area contributed by atoms with Crippen molar-refractivity contribution in [3.8, 4) is 16.9 Å². The molecule has 33 heavy (non-hydrogen) atoms. The summed E-state index contributed by atoms with van der Waals surface area (Å²) in [6.07, 6.45) is 3.84. The Balaban J connectivity index is 1.46. The third-order valence-electron chi connectivity index (χ3n) is 5.67. The van der Waals surface area contributed by atoms with Crippen molar-refractivity contribution < 1.29 is 0 Å². The van der Waals surface area contributed by atoms with Gasteiger partial charge in [-0.3, -0.25) is 14.1 Å². The summed E-state index contributed by atoms with van der Waals surface area (Å²) in [5.41, 5.74) is 6.54. The van der Waals surface area contributed by atoms with E-state index >= 15 is 0 Å². The third-order valence-corrected chi connectivity index (χ3v) is 5.67.